The lowest BCUT2D eigenvalue weighted by Crippen LogP contribution is -2.33. The fraction of sp³-hybridized carbons (Fsp3) is 0.316. The van der Waals surface area contributed by atoms with Gasteiger partial charge in [-0.1, -0.05) is 23.2 Å². The summed E-state index contributed by atoms with van der Waals surface area (Å²) >= 11 is 11.7. The molecule has 0 bridgehead atoms. The van der Waals surface area contributed by atoms with Crippen LogP contribution in [0.5, 0.6) is 5.88 Å². The Bertz CT molecular complexity index is 1440. The molecule has 0 aliphatic rings. The molecule has 0 radical (unpaired) electrons. The second kappa shape index (κ2) is 10.3. The maximum absolute atomic E-state index is 15.0. The van der Waals surface area contributed by atoms with E-state index in [0.29, 0.717) is 17.7 Å². The van der Waals surface area contributed by atoms with Crippen LogP contribution < -0.4 is 21.3 Å². The Morgan fingerprint density at radius 2 is 2.00 bits per heavy atom. The summed E-state index contributed by atoms with van der Waals surface area (Å²) in [7, 11) is 0. The number of aliphatic hydroxyl groups excluding tert-OH is 1. The zero-order valence-electron chi connectivity index (χ0n) is 18.3. The molecule has 0 fully saturated rings. The van der Waals surface area contributed by atoms with Gasteiger partial charge in [-0.25, -0.2) is 9.18 Å². The average Bonchev–Trinajstić information content (AvgIpc) is 3.14. The molecule has 1 unspecified atom stereocenters. The van der Waals surface area contributed by atoms with Gasteiger partial charge in [-0.2, -0.15) is 22.8 Å². The van der Waals surface area contributed by atoms with E-state index in [0.717, 1.165) is 10.8 Å². The number of alkyl halides is 3. The maximum Gasteiger partial charge on any atom is 0.425 e. The molecule has 3 rings (SSSR count). The van der Waals surface area contributed by atoms with Crippen LogP contribution in [0.2, 0.25) is 10.0 Å². The summed E-state index contributed by atoms with van der Waals surface area (Å²) in [5, 5.41) is 14.4. The first kappa shape index (κ1) is 27.2. The van der Waals surface area contributed by atoms with Crippen LogP contribution in [0, 0.1) is 5.82 Å². The van der Waals surface area contributed by atoms with Crippen LogP contribution in [-0.4, -0.2) is 47.6 Å². The molecule has 0 saturated carbocycles. The summed E-state index contributed by atoms with van der Waals surface area (Å²) in [5.74, 6) is -4.71. The van der Waals surface area contributed by atoms with Gasteiger partial charge in [0, 0.05) is 12.7 Å². The normalized spacial score (nSPS) is 12.5. The highest BCUT2D eigenvalue weighted by atomic mass is 35.5. The van der Waals surface area contributed by atoms with Crippen LogP contribution in [0.4, 0.5) is 23.2 Å². The molecule has 0 spiro atoms. The lowest BCUT2D eigenvalue weighted by molar-refractivity contribution is -0.190. The van der Waals surface area contributed by atoms with Crippen LogP contribution in [0.15, 0.2) is 21.9 Å². The van der Waals surface area contributed by atoms with Gasteiger partial charge in [-0.15, -0.1) is 5.10 Å². The lowest BCUT2D eigenvalue weighted by Gasteiger charge is -2.19. The summed E-state index contributed by atoms with van der Waals surface area (Å²) in [6.07, 6.45) is -6.43. The molecule has 1 atom stereocenters. The Morgan fingerprint density at radius 3 is 2.56 bits per heavy atom. The monoisotopic (exact) mass is 554 g/mol. The average molecular weight is 555 g/mol. The number of pyridine rings is 2. The van der Waals surface area contributed by atoms with E-state index in [-0.39, 0.29) is 17.4 Å². The van der Waals surface area contributed by atoms with Gasteiger partial charge in [0.25, 0.3) is 11.5 Å². The Balaban J connectivity index is 2.18. The highest BCUT2D eigenvalue weighted by Gasteiger charge is 2.39. The number of ether oxygens (including phenoxy) is 1. The number of carbonyl (C=O) groups excluding carboxylic acids is 1. The number of hydrogen-bond donors (Lipinski definition) is 3. The Morgan fingerprint density at radius 1 is 1.33 bits per heavy atom. The van der Waals surface area contributed by atoms with Crippen molar-refractivity contribution in [2.24, 2.45) is 0 Å². The van der Waals surface area contributed by atoms with E-state index in [9.17, 15) is 32.7 Å². The van der Waals surface area contributed by atoms with E-state index in [1.807, 2.05) is 0 Å². The quantitative estimate of drug-likeness (QED) is 0.381. The molecule has 1 amide bonds. The van der Waals surface area contributed by atoms with Crippen molar-refractivity contribution in [2.75, 3.05) is 5.32 Å². The van der Waals surface area contributed by atoms with Crippen molar-refractivity contribution in [3.05, 3.63) is 60.4 Å². The van der Waals surface area contributed by atoms with Gasteiger partial charge in [-0.3, -0.25) is 14.2 Å². The minimum atomic E-state index is -4.91. The zero-order valence-corrected chi connectivity index (χ0v) is 19.8. The van der Waals surface area contributed by atoms with Gasteiger partial charge in [0.2, 0.25) is 5.88 Å². The van der Waals surface area contributed by atoms with Crippen LogP contribution in [0.1, 0.15) is 30.0 Å². The standard InChI is InChI=1S/C19H16Cl2F4N6O5/c1-3-30-11(6-32)29-31(18(30)35)14-10(22)4-8(17(28-14)36-7(2)19(23,24)25)15(33)27-13-9(20)5-26-16(34)12(13)21/h4-5,7,32H,3,6H2,1-2H3,(H2,26,27,33,34). The third kappa shape index (κ3) is 5.22. The molecule has 17 heteroatoms. The Kier molecular flexibility index (Phi) is 7.76. The van der Waals surface area contributed by atoms with Crippen molar-refractivity contribution >= 4 is 34.8 Å². The molecule has 0 saturated heterocycles. The number of halogens is 6. The summed E-state index contributed by atoms with van der Waals surface area (Å²) < 4.78 is 60.8. The van der Waals surface area contributed by atoms with Crippen molar-refractivity contribution in [1.29, 1.82) is 0 Å². The van der Waals surface area contributed by atoms with E-state index >= 15 is 4.39 Å². The highest BCUT2D eigenvalue weighted by Crippen LogP contribution is 2.31. The second-order valence-electron chi connectivity index (χ2n) is 7.07. The van der Waals surface area contributed by atoms with E-state index in [2.05, 4.69) is 20.4 Å². The van der Waals surface area contributed by atoms with Crippen LogP contribution >= 0.6 is 23.2 Å². The molecule has 194 valence electrons. The van der Waals surface area contributed by atoms with E-state index in [1.165, 1.54) is 6.92 Å². The molecule has 36 heavy (non-hydrogen) atoms. The number of nitrogens with zero attached hydrogens (tertiary/aromatic N) is 4. The number of nitrogens with one attached hydrogen (secondary N) is 2. The number of aromatic nitrogens is 5. The predicted molar refractivity (Wildman–Crippen MR) is 118 cm³/mol. The van der Waals surface area contributed by atoms with Crippen molar-refractivity contribution in [2.45, 2.75) is 39.3 Å². The van der Waals surface area contributed by atoms with Crippen molar-refractivity contribution in [3.8, 4) is 11.7 Å². The van der Waals surface area contributed by atoms with Crippen LogP contribution in [-0.2, 0) is 13.2 Å². The fourth-order valence-electron chi connectivity index (χ4n) is 2.89. The van der Waals surface area contributed by atoms with Crippen molar-refractivity contribution < 1.29 is 32.2 Å². The van der Waals surface area contributed by atoms with Gasteiger partial charge in [-0.05, 0) is 19.9 Å². The number of aromatic amines is 1. The van der Waals surface area contributed by atoms with Gasteiger partial charge in [0.15, 0.2) is 23.6 Å². The predicted octanol–water partition coefficient (Wildman–Crippen LogP) is 2.66. The number of H-pyrrole nitrogens is 1. The maximum atomic E-state index is 15.0. The Hall–Kier alpha value is -3.43. The molecule has 11 nitrogen and oxygen atoms in total. The minimum absolute atomic E-state index is 0.0308. The van der Waals surface area contributed by atoms with E-state index in [1.54, 1.807) is 0 Å². The van der Waals surface area contributed by atoms with Crippen molar-refractivity contribution in [3.63, 3.8) is 0 Å². The number of rotatable bonds is 7. The molecule has 3 aromatic rings. The molecule has 3 heterocycles. The van der Waals surface area contributed by atoms with Gasteiger partial charge in [0.1, 0.15) is 17.2 Å². The van der Waals surface area contributed by atoms with Crippen LogP contribution in [0.3, 0.4) is 0 Å². The molecule has 3 N–H and O–H groups in total. The Labute approximate surface area is 208 Å². The molecular weight excluding hydrogens is 539 g/mol. The number of carbonyl (C=O) groups is 1. The number of hydrogen-bond acceptors (Lipinski definition) is 7. The smallest absolute Gasteiger partial charge is 0.425 e. The van der Waals surface area contributed by atoms with Gasteiger partial charge < -0.3 is 20.1 Å². The third-order valence-corrected chi connectivity index (χ3v) is 5.40. The molecule has 0 aliphatic carbocycles. The summed E-state index contributed by atoms with van der Waals surface area (Å²) in [4.78, 5) is 43.0. The second-order valence-corrected chi connectivity index (χ2v) is 7.86. The topological polar surface area (TPSA) is 144 Å². The minimum Gasteiger partial charge on any atom is -0.464 e. The number of anilines is 1. The third-order valence-electron chi connectivity index (χ3n) is 4.74. The molecule has 0 aromatic carbocycles. The van der Waals surface area contributed by atoms with E-state index < -0.39 is 69.8 Å². The van der Waals surface area contributed by atoms with Gasteiger partial charge in [0.05, 0.1) is 10.7 Å². The van der Waals surface area contributed by atoms with Crippen LogP contribution in [0.25, 0.3) is 5.82 Å². The highest BCUT2D eigenvalue weighted by molar-refractivity contribution is 6.39. The fourth-order valence-corrected chi connectivity index (χ4v) is 3.33. The summed E-state index contributed by atoms with van der Waals surface area (Å²) in [5.41, 5.74) is -3.05. The van der Waals surface area contributed by atoms with Gasteiger partial charge >= 0.3 is 11.9 Å². The zero-order chi connectivity index (χ0) is 26.9. The first-order valence-electron chi connectivity index (χ1n) is 9.92. The SMILES string of the molecule is CCn1c(CO)nn(-c2nc(OC(C)C(F)(F)F)c(C(=O)Nc3c(Cl)c[nH]c(=O)c3Cl)cc2F)c1=O. The first-order valence-corrected chi connectivity index (χ1v) is 10.7. The molecule has 3 aromatic heterocycles. The molecular formula is C19H16Cl2F4N6O5. The lowest BCUT2D eigenvalue weighted by atomic mass is 10.2. The van der Waals surface area contributed by atoms with E-state index in [4.69, 9.17) is 27.9 Å². The number of amides is 1. The summed E-state index contributed by atoms with van der Waals surface area (Å²) in [6, 6.07) is 0.459. The van der Waals surface area contributed by atoms with Crippen molar-refractivity contribution in [1.82, 2.24) is 24.3 Å². The molecule has 0 aliphatic heterocycles. The first-order chi connectivity index (χ1) is 16.8. The number of aliphatic hydroxyl groups is 1. The largest absolute Gasteiger partial charge is 0.464 e. The summed E-state index contributed by atoms with van der Waals surface area (Å²) in [6.45, 7) is 1.47.